The van der Waals surface area contributed by atoms with Crippen molar-refractivity contribution in [1.82, 2.24) is 15.1 Å². The molecule has 2 aliphatic rings. The highest BCUT2D eigenvalue weighted by molar-refractivity contribution is 5.99. The number of hydrogen-bond acceptors (Lipinski definition) is 5. The van der Waals surface area contributed by atoms with Gasteiger partial charge in [0.2, 0.25) is 5.91 Å². The van der Waals surface area contributed by atoms with Gasteiger partial charge < -0.3 is 25.6 Å². The zero-order chi connectivity index (χ0) is 22.7. The third-order valence-electron chi connectivity index (χ3n) is 5.89. The van der Waals surface area contributed by atoms with E-state index in [1.807, 2.05) is 24.3 Å². The van der Waals surface area contributed by atoms with E-state index in [-0.39, 0.29) is 30.2 Å². The van der Waals surface area contributed by atoms with Crippen LogP contribution < -0.4 is 15.8 Å². The Morgan fingerprint density at radius 3 is 2.47 bits per heavy atom. The summed E-state index contributed by atoms with van der Waals surface area (Å²) in [5.74, 6) is -0.220. The minimum absolute atomic E-state index is 0.0431. The molecule has 168 valence electrons. The van der Waals surface area contributed by atoms with E-state index in [0.717, 1.165) is 24.0 Å². The number of ether oxygens (including phenoxy) is 1. The molecule has 3 N–H and O–H groups in total. The van der Waals surface area contributed by atoms with Crippen LogP contribution in [0.1, 0.15) is 34.3 Å². The summed E-state index contributed by atoms with van der Waals surface area (Å²) in [4.78, 5) is 42.4. The SMILES string of the molecule is COc1cccc(C(=O)N2CCN(C(=O)C3CC3)C2C(=O)NCc2cccc(CN)c2)c1. The van der Waals surface area contributed by atoms with Crippen LogP contribution in [0.2, 0.25) is 0 Å². The number of nitrogens with zero attached hydrogens (tertiary/aromatic N) is 2. The minimum atomic E-state index is -0.973. The van der Waals surface area contributed by atoms with Gasteiger partial charge in [-0.3, -0.25) is 14.4 Å². The summed E-state index contributed by atoms with van der Waals surface area (Å²) in [5.41, 5.74) is 8.00. The Labute approximate surface area is 187 Å². The molecular formula is C24H28N4O4. The summed E-state index contributed by atoms with van der Waals surface area (Å²) < 4.78 is 5.22. The van der Waals surface area contributed by atoms with Crippen molar-refractivity contribution in [3.63, 3.8) is 0 Å². The molecule has 8 nitrogen and oxygen atoms in total. The lowest BCUT2D eigenvalue weighted by molar-refractivity contribution is -0.142. The highest BCUT2D eigenvalue weighted by Crippen LogP contribution is 2.33. The molecule has 32 heavy (non-hydrogen) atoms. The van der Waals surface area contributed by atoms with Gasteiger partial charge >= 0.3 is 0 Å². The van der Waals surface area contributed by atoms with Crippen molar-refractivity contribution in [3.8, 4) is 5.75 Å². The summed E-state index contributed by atoms with van der Waals surface area (Å²) in [7, 11) is 1.53. The van der Waals surface area contributed by atoms with E-state index in [2.05, 4.69) is 5.32 Å². The normalized spacial score (nSPS) is 17.9. The molecule has 1 saturated carbocycles. The van der Waals surface area contributed by atoms with Gasteiger partial charge in [-0.15, -0.1) is 0 Å². The zero-order valence-corrected chi connectivity index (χ0v) is 18.1. The van der Waals surface area contributed by atoms with E-state index < -0.39 is 6.17 Å². The van der Waals surface area contributed by atoms with Crippen LogP contribution in [-0.2, 0) is 22.7 Å². The summed E-state index contributed by atoms with van der Waals surface area (Å²) in [6.07, 6.45) is 0.693. The number of rotatable bonds is 7. The lowest BCUT2D eigenvalue weighted by Gasteiger charge is -2.29. The molecule has 0 bridgehead atoms. The minimum Gasteiger partial charge on any atom is -0.497 e. The maximum Gasteiger partial charge on any atom is 0.264 e. The highest BCUT2D eigenvalue weighted by Gasteiger charge is 2.46. The van der Waals surface area contributed by atoms with E-state index in [9.17, 15) is 14.4 Å². The molecule has 2 aromatic carbocycles. The first-order chi connectivity index (χ1) is 15.5. The van der Waals surface area contributed by atoms with Gasteiger partial charge in [0.25, 0.3) is 11.8 Å². The molecule has 1 saturated heterocycles. The Balaban J connectivity index is 1.54. The van der Waals surface area contributed by atoms with Gasteiger partial charge in [0.1, 0.15) is 5.75 Å². The van der Waals surface area contributed by atoms with Gasteiger partial charge in [-0.25, -0.2) is 0 Å². The number of amides is 3. The van der Waals surface area contributed by atoms with Gasteiger partial charge in [0.15, 0.2) is 6.17 Å². The average molecular weight is 437 g/mol. The smallest absolute Gasteiger partial charge is 0.264 e. The molecule has 1 heterocycles. The standard InChI is InChI=1S/C24H28N4O4/c1-32-20-7-3-6-19(13-20)24(31)28-11-10-27(23(30)18-8-9-18)22(28)21(29)26-15-17-5-2-4-16(12-17)14-25/h2-7,12-13,18,22H,8-11,14-15,25H2,1H3,(H,26,29). The topological polar surface area (TPSA) is 105 Å². The van der Waals surface area contributed by atoms with E-state index in [4.69, 9.17) is 10.5 Å². The average Bonchev–Trinajstić information content (AvgIpc) is 3.59. The number of carbonyl (C=O) groups is 3. The zero-order valence-electron chi connectivity index (χ0n) is 18.1. The second-order valence-electron chi connectivity index (χ2n) is 8.15. The fraction of sp³-hybridized carbons (Fsp3) is 0.375. The molecular weight excluding hydrogens is 408 g/mol. The Morgan fingerprint density at radius 1 is 1.03 bits per heavy atom. The fourth-order valence-electron chi connectivity index (χ4n) is 3.99. The van der Waals surface area contributed by atoms with E-state index in [0.29, 0.717) is 30.9 Å². The van der Waals surface area contributed by atoms with Gasteiger partial charge in [-0.2, -0.15) is 0 Å². The number of nitrogens with one attached hydrogen (secondary N) is 1. The number of methoxy groups -OCH3 is 1. The van der Waals surface area contributed by atoms with Crippen molar-refractivity contribution in [2.24, 2.45) is 11.7 Å². The van der Waals surface area contributed by atoms with Crippen LogP contribution in [0.5, 0.6) is 5.75 Å². The van der Waals surface area contributed by atoms with Gasteiger partial charge in [-0.1, -0.05) is 30.3 Å². The first kappa shape index (κ1) is 21.8. The number of hydrogen-bond donors (Lipinski definition) is 2. The van der Waals surface area contributed by atoms with Crippen molar-refractivity contribution in [2.45, 2.75) is 32.1 Å². The molecule has 1 aliphatic heterocycles. The first-order valence-corrected chi connectivity index (χ1v) is 10.8. The number of nitrogens with two attached hydrogens (primary N) is 1. The predicted octanol–water partition coefficient (Wildman–Crippen LogP) is 1.49. The highest BCUT2D eigenvalue weighted by atomic mass is 16.5. The molecule has 0 aromatic heterocycles. The van der Waals surface area contributed by atoms with Crippen LogP contribution >= 0.6 is 0 Å². The lowest BCUT2D eigenvalue weighted by atomic mass is 10.1. The van der Waals surface area contributed by atoms with Gasteiger partial charge in [-0.05, 0) is 42.2 Å². The Bertz CT molecular complexity index is 1020. The number of benzene rings is 2. The fourth-order valence-corrected chi connectivity index (χ4v) is 3.99. The van der Waals surface area contributed by atoms with Crippen LogP contribution in [-0.4, -0.2) is 53.9 Å². The first-order valence-electron chi connectivity index (χ1n) is 10.8. The molecule has 1 unspecified atom stereocenters. The van der Waals surface area contributed by atoms with E-state index in [1.54, 1.807) is 29.2 Å². The predicted molar refractivity (Wildman–Crippen MR) is 118 cm³/mol. The summed E-state index contributed by atoms with van der Waals surface area (Å²) in [6.45, 7) is 1.34. The van der Waals surface area contributed by atoms with Crippen LogP contribution in [0.25, 0.3) is 0 Å². The van der Waals surface area contributed by atoms with Crippen LogP contribution in [0, 0.1) is 5.92 Å². The monoisotopic (exact) mass is 436 g/mol. The van der Waals surface area contributed by atoms with E-state index >= 15 is 0 Å². The van der Waals surface area contributed by atoms with Crippen molar-refractivity contribution < 1.29 is 19.1 Å². The third kappa shape index (κ3) is 4.60. The summed E-state index contributed by atoms with van der Waals surface area (Å²) in [5, 5.41) is 2.90. The molecule has 1 atom stereocenters. The maximum absolute atomic E-state index is 13.3. The van der Waals surface area contributed by atoms with Crippen molar-refractivity contribution in [1.29, 1.82) is 0 Å². The molecule has 4 rings (SSSR count). The van der Waals surface area contributed by atoms with Crippen molar-refractivity contribution >= 4 is 17.7 Å². The molecule has 2 fully saturated rings. The van der Waals surface area contributed by atoms with Crippen molar-refractivity contribution in [3.05, 3.63) is 65.2 Å². The molecule has 3 amide bonds. The largest absolute Gasteiger partial charge is 0.497 e. The molecule has 1 aliphatic carbocycles. The second-order valence-corrected chi connectivity index (χ2v) is 8.15. The Kier molecular flexibility index (Phi) is 6.41. The Morgan fingerprint density at radius 2 is 1.75 bits per heavy atom. The summed E-state index contributed by atoms with van der Waals surface area (Å²) >= 11 is 0. The second kappa shape index (κ2) is 9.40. The molecule has 8 heteroatoms. The molecule has 0 spiro atoms. The van der Waals surface area contributed by atoms with Crippen molar-refractivity contribution in [2.75, 3.05) is 20.2 Å². The van der Waals surface area contributed by atoms with E-state index in [1.165, 1.54) is 12.0 Å². The van der Waals surface area contributed by atoms with Crippen LogP contribution in [0.3, 0.4) is 0 Å². The Hall–Kier alpha value is -3.39. The number of carbonyl (C=O) groups excluding carboxylic acids is 3. The maximum atomic E-state index is 13.3. The van der Waals surface area contributed by atoms with Crippen LogP contribution in [0.15, 0.2) is 48.5 Å². The molecule has 0 radical (unpaired) electrons. The lowest BCUT2D eigenvalue weighted by Crippen LogP contribution is -2.54. The molecule has 2 aromatic rings. The quantitative estimate of drug-likeness (QED) is 0.684. The van der Waals surface area contributed by atoms with Crippen LogP contribution in [0.4, 0.5) is 0 Å². The summed E-state index contributed by atoms with van der Waals surface area (Å²) in [6, 6.07) is 14.5. The third-order valence-corrected chi connectivity index (χ3v) is 5.89. The van der Waals surface area contributed by atoms with Gasteiger partial charge in [0.05, 0.1) is 7.11 Å². The van der Waals surface area contributed by atoms with Gasteiger partial charge in [0, 0.05) is 37.7 Å².